The zero-order valence-electron chi connectivity index (χ0n) is 10.5. The van der Waals surface area contributed by atoms with Gasteiger partial charge in [-0.25, -0.2) is 0 Å². The molecule has 0 atom stereocenters. The third-order valence-electron chi connectivity index (χ3n) is 2.47. The fourth-order valence-corrected chi connectivity index (χ4v) is 1.79. The van der Waals surface area contributed by atoms with Crippen LogP contribution >= 0.6 is 15.9 Å². The molecule has 0 aliphatic carbocycles. The van der Waals surface area contributed by atoms with Crippen LogP contribution in [0, 0.1) is 0 Å². The number of halogens is 1. The van der Waals surface area contributed by atoms with E-state index < -0.39 is 0 Å². The first kappa shape index (κ1) is 14.1. The molecule has 0 aliphatic heterocycles. The van der Waals surface area contributed by atoms with Gasteiger partial charge in [0, 0.05) is 4.47 Å². The lowest BCUT2D eigenvalue weighted by molar-refractivity contribution is 0.0216. The average molecular weight is 322 g/mol. The van der Waals surface area contributed by atoms with Gasteiger partial charge in [0.2, 0.25) is 0 Å². The van der Waals surface area contributed by atoms with Gasteiger partial charge in [-0.15, -0.1) is 0 Å². The van der Waals surface area contributed by atoms with Gasteiger partial charge < -0.3 is 4.74 Å². The van der Waals surface area contributed by atoms with E-state index in [1.165, 1.54) is 0 Å². The number of hydroxylamine groups is 1. The van der Waals surface area contributed by atoms with Crippen molar-refractivity contribution in [3.05, 3.63) is 64.6 Å². The Morgan fingerprint density at radius 2 is 1.68 bits per heavy atom. The summed E-state index contributed by atoms with van der Waals surface area (Å²) >= 11 is 3.38. The molecule has 0 amide bonds. The second kappa shape index (κ2) is 7.94. The maximum atomic E-state index is 5.55. The molecule has 0 radical (unpaired) electrons. The highest BCUT2D eigenvalue weighted by molar-refractivity contribution is 9.10. The summed E-state index contributed by atoms with van der Waals surface area (Å²) in [7, 11) is 0. The Labute approximate surface area is 121 Å². The Balaban J connectivity index is 1.56. The highest BCUT2D eigenvalue weighted by Crippen LogP contribution is 2.15. The highest BCUT2D eigenvalue weighted by atomic mass is 79.9. The molecule has 0 unspecified atom stereocenters. The van der Waals surface area contributed by atoms with Gasteiger partial charge in [0.1, 0.15) is 12.4 Å². The Hall–Kier alpha value is -1.36. The monoisotopic (exact) mass is 321 g/mol. The van der Waals surface area contributed by atoms with E-state index in [4.69, 9.17) is 9.57 Å². The molecule has 3 nitrogen and oxygen atoms in total. The Bertz CT molecular complexity index is 473. The predicted molar refractivity (Wildman–Crippen MR) is 78.9 cm³/mol. The molecule has 2 aromatic carbocycles. The summed E-state index contributed by atoms with van der Waals surface area (Å²) in [6.07, 6.45) is 0. The molecular weight excluding hydrogens is 306 g/mol. The van der Waals surface area contributed by atoms with Crippen LogP contribution in [0.2, 0.25) is 0 Å². The smallest absolute Gasteiger partial charge is 0.119 e. The lowest BCUT2D eigenvalue weighted by atomic mass is 10.2. The largest absolute Gasteiger partial charge is 0.492 e. The number of rotatable bonds is 7. The summed E-state index contributed by atoms with van der Waals surface area (Å²) in [6, 6.07) is 17.8. The molecule has 0 saturated carbocycles. The van der Waals surface area contributed by atoms with Crippen LogP contribution in [0.1, 0.15) is 5.56 Å². The molecular formula is C15H16BrNO2. The first-order valence-electron chi connectivity index (χ1n) is 6.11. The minimum absolute atomic E-state index is 0.555. The van der Waals surface area contributed by atoms with E-state index in [1.807, 2.05) is 54.6 Å². The predicted octanol–water partition coefficient (Wildman–Crippen LogP) is 3.55. The van der Waals surface area contributed by atoms with Gasteiger partial charge in [-0.3, -0.25) is 4.84 Å². The summed E-state index contributed by atoms with van der Waals surface area (Å²) in [5.41, 5.74) is 4.02. The molecule has 4 heteroatoms. The molecule has 0 bridgehead atoms. The van der Waals surface area contributed by atoms with Crippen molar-refractivity contribution in [2.45, 2.75) is 6.61 Å². The molecule has 0 aliphatic rings. The molecule has 2 aromatic rings. The van der Waals surface area contributed by atoms with Crippen LogP contribution in [-0.2, 0) is 11.4 Å². The molecule has 0 heterocycles. The van der Waals surface area contributed by atoms with E-state index in [-0.39, 0.29) is 0 Å². The van der Waals surface area contributed by atoms with Crippen molar-refractivity contribution in [1.82, 2.24) is 5.48 Å². The van der Waals surface area contributed by atoms with Crippen LogP contribution in [0.15, 0.2) is 59.1 Å². The van der Waals surface area contributed by atoms with Crippen LogP contribution in [0.3, 0.4) is 0 Å². The van der Waals surface area contributed by atoms with Gasteiger partial charge >= 0.3 is 0 Å². The van der Waals surface area contributed by atoms with Crippen molar-refractivity contribution in [2.75, 3.05) is 13.2 Å². The van der Waals surface area contributed by atoms with E-state index in [1.54, 1.807) is 0 Å². The van der Waals surface area contributed by atoms with Gasteiger partial charge in [-0.1, -0.05) is 46.3 Å². The first-order valence-corrected chi connectivity index (χ1v) is 6.91. The normalized spacial score (nSPS) is 10.4. The fourth-order valence-electron chi connectivity index (χ4n) is 1.52. The molecule has 0 fully saturated rings. The minimum Gasteiger partial charge on any atom is -0.492 e. The van der Waals surface area contributed by atoms with Crippen LogP contribution in [-0.4, -0.2) is 13.2 Å². The summed E-state index contributed by atoms with van der Waals surface area (Å²) in [5.74, 6) is 0.855. The van der Waals surface area contributed by atoms with Crippen LogP contribution in [0.4, 0.5) is 0 Å². The number of hydrogen-bond acceptors (Lipinski definition) is 3. The van der Waals surface area contributed by atoms with Gasteiger partial charge in [-0.2, -0.15) is 5.48 Å². The van der Waals surface area contributed by atoms with Crippen LogP contribution in [0.25, 0.3) is 0 Å². The topological polar surface area (TPSA) is 30.5 Å². The van der Waals surface area contributed by atoms with Gasteiger partial charge in [-0.05, 0) is 29.8 Å². The van der Waals surface area contributed by atoms with Crippen LogP contribution in [0.5, 0.6) is 5.75 Å². The zero-order chi connectivity index (χ0) is 13.3. The second-order valence-electron chi connectivity index (χ2n) is 3.97. The molecule has 0 saturated heterocycles. The summed E-state index contributed by atoms with van der Waals surface area (Å²) < 4.78 is 6.60. The van der Waals surface area contributed by atoms with E-state index >= 15 is 0 Å². The van der Waals surface area contributed by atoms with Crippen molar-refractivity contribution in [1.29, 1.82) is 0 Å². The van der Waals surface area contributed by atoms with E-state index in [0.29, 0.717) is 19.8 Å². The standard InChI is InChI=1S/C15H16BrNO2/c16-14-6-8-15(9-7-14)18-11-10-17-19-12-13-4-2-1-3-5-13/h1-9,17H,10-12H2. The van der Waals surface area contributed by atoms with Gasteiger partial charge in [0.05, 0.1) is 13.2 Å². The van der Waals surface area contributed by atoms with E-state index in [2.05, 4.69) is 21.4 Å². The summed E-state index contributed by atoms with van der Waals surface area (Å²) in [6.45, 7) is 1.76. The van der Waals surface area contributed by atoms with Crippen molar-refractivity contribution in [3.63, 3.8) is 0 Å². The van der Waals surface area contributed by atoms with E-state index in [9.17, 15) is 0 Å². The number of nitrogens with one attached hydrogen (secondary N) is 1. The lowest BCUT2D eigenvalue weighted by Crippen LogP contribution is -2.21. The molecule has 2 rings (SSSR count). The highest BCUT2D eigenvalue weighted by Gasteiger charge is 1.94. The fraction of sp³-hybridized carbons (Fsp3) is 0.200. The molecule has 1 N–H and O–H groups in total. The maximum Gasteiger partial charge on any atom is 0.119 e. The molecule has 0 spiro atoms. The molecule has 19 heavy (non-hydrogen) atoms. The lowest BCUT2D eigenvalue weighted by Gasteiger charge is -2.08. The SMILES string of the molecule is Brc1ccc(OCCNOCc2ccccc2)cc1. The third-order valence-corrected chi connectivity index (χ3v) is 3.00. The second-order valence-corrected chi connectivity index (χ2v) is 4.89. The zero-order valence-corrected chi connectivity index (χ0v) is 12.1. The van der Waals surface area contributed by atoms with Crippen molar-refractivity contribution in [3.8, 4) is 5.75 Å². The third kappa shape index (κ3) is 5.42. The number of hydrogen-bond donors (Lipinski definition) is 1. The molecule has 0 aromatic heterocycles. The minimum atomic E-state index is 0.555. The molecule has 100 valence electrons. The quantitative estimate of drug-likeness (QED) is 0.625. The summed E-state index contributed by atoms with van der Waals surface area (Å²) in [5, 5.41) is 0. The van der Waals surface area contributed by atoms with E-state index in [0.717, 1.165) is 15.8 Å². The average Bonchev–Trinajstić information content (AvgIpc) is 2.46. The maximum absolute atomic E-state index is 5.55. The van der Waals surface area contributed by atoms with Crippen molar-refractivity contribution < 1.29 is 9.57 Å². The summed E-state index contributed by atoms with van der Waals surface area (Å²) in [4.78, 5) is 5.34. The number of benzene rings is 2. The first-order chi connectivity index (χ1) is 9.34. The Morgan fingerprint density at radius 1 is 0.947 bits per heavy atom. The Kier molecular flexibility index (Phi) is 5.88. The van der Waals surface area contributed by atoms with Crippen molar-refractivity contribution in [2.24, 2.45) is 0 Å². The van der Waals surface area contributed by atoms with Crippen molar-refractivity contribution >= 4 is 15.9 Å². The van der Waals surface area contributed by atoms with Gasteiger partial charge in [0.15, 0.2) is 0 Å². The van der Waals surface area contributed by atoms with Gasteiger partial charge in [0.25, 0.3) is 0 Å². The Morgan fingerprint density at radius 3 is 2.42 bits per heavy atom. The van der Waals surface area contributed by atoms with Crippen LogP contribution < -0.4 is 10.2 Å². The number of ether oxygens (including phenoxy) is 1.